The van der Waals surface area contributed by atoms with E-state index in [1.807, 2.05) is 52.0 Å². The number of aromatic hydroxyl groups is 4. The first-order valence-electron chi connectivity index (χ1n) is 19.7. The fourth-order valence-electron chi connectivity index (χ4n) is 12.5. The lowest BCUT2D eigenvalue weighted by Crippen LogP contribution is -2.42. The molecule has 4 aliphatic carbocycles. The van der Waals surface area contributed by atoms with Gasteiger partial charge in [0, 0.05) is 10.8 Å². The molecule has 7 atom stereocenters. The summed E-state index contributed by atoms with van der Waals surface area (Å²) in [6, 6.07) is 34.5. The summed E-state index contributed by atoms with van der Waals surface area (Å²) >= 11 is 0. The van der Waals surface area contributed by atoms with Crippen LogP contribution in [0.5, 0.6) is 23.0 Å². The number of hydrogen-bond donors (Lipinski definition) is 4. The largest absolute Gasteiger partial charge is 0.508 e. The lowest BCUT2D eigenvalue weighted by Gasteiger charge is -2.47. The van der Waals surface area contributed by atoms with Crippen molar-refractivity contribution in [1.29, 1.82) is 0 Å². The minimum atomic E-state index is -0.167. The van der Waals surface area contributed by atoms with Crippen molar-refractivity contribution < 1.29 is 20.4 Å². The Morgan fingerprint density at radius 1 is 0.472 bits per heavy atom. The van der Waals surface area contributed by atoms with Gasteiger partial charge in [0.1, 0.15) is 23.0 Å². The van der Waals surface area contributed by atoms with Crippen LogP contribution in [0, 0.1) is 57.3 Å². The molecule has 9 rings (SSSR count). The first-order valence-corrected chi connectivity index (χ1v) is 19.7. The molecular formula is C49H52O4. The van der Waals surface area contributed by atoms with E-state index < -0.39 is 0 Å². The van der Waals surface area contributed by atoms with Gasteiger partial charge < -0.3 is 20.4 Å². The Hall–Kier alpha value is -4.70. The summed E-state index contributed by atoms with van der Waals surface area (Å²) in [5.74, 6) is 4.85. The maximum atomic E-state index is 10.5. The Morgan fingerprint density at radius 3 is 1.30 bits per heavy atom. The highest BCUT2D eigenvalue weighted by Gasteiger charge is 2.61. The second-order valence-corrected chi connectivity index (χ2v) is 17.5. The van der Waals surface area contributed by atoms with Gasteiger partial charge in [0.15, 0.2) is 0 Å². The molecule has 0 heterocycles. The van der Waals surface area contributed by atoms with Gasteiger partial charge in [-0.15, -0.1) is 0 Å². The maximum absolute atomic E-state index is 10.5. The zero-order valence-electron chi connectivity index (χ0n) is 31.6. The number of phenols is 4. The lowest BCUT2D eigenvalue weighted by molar-refractivity contribution is 0.204. The zero-order chi connectivity index (χ0) is 37.0. The highest BCUT2D eigenvalue weighted by atomic mass is 16.3. The first kappa shape index (κ1) is 34.1. The van der Waals surface area contributed by atoms with Crippen molar-refractivity contribution in [3.05, 3.63) is 153 Å². The molecule has 4 saturated carbocycles. The summed E-state index contributed by atoms with van der Waals surface area (Å²) in [6.45, 7) is 10.4. The molecule has 0 radical (unpaired) electrons. The first-order chi connectivity index (χ1) is 25.4. The van der Waals surface area contributed by atoms with Crippen LogP contribution >= 0.6 is 0 Å². The Kier molecular flexibility index (Phi) is 7.82. The highest BCUT2D eigenvalue weighted by Crippen LogP contribution is 2.68. The molecular weight excluding hydrogens is 653 g/mol. The molecule has 4 bridgehead atoms. The quantitative estimate of drug-likeness (QED) is 0.142. The van der Waals surface area contributed by atoms with Crippen molar-refractivity contribution in [1.82, 2.24) is 0 Å². The van der Waals surface area contributed by atoms with Crippen molar-refractivity contribution in [3.8, 4) is 23.0 Å². The van der Waals surface area contributed by atoms with Gasteiger partial charge in [0.05, 0.1) is 0 Å². The third-order valence-corrected chi connectivity index (χ3v) is 15.2. The summed E-state index contributed by atoms with van der Waals surface area (Å²) in [6.07, 6.45) is 5.69. The average Bonchev–Trinajstić information content (AvgIpc) is 3.93. The molecule has 4 fully saturated rings. The number of fused-ring (bicyclic) bond motifs is 4. The van der Waals surface area contributed by atoms with Gasteiger partial charge >= 0.3 is 0 Å². The molecule has 4 N–H and O–H groups in total. The van der Waals surface area contributed by atoms with Crippen LogP contribution in [0.3, 0.4) is 0 Å². The van der Waals surface area contributed by atoms with Crippen LogP contribution in [-0.4, -0.2) is 20.4 Å². The Balaban J connectivity index is 0.995. The molecule has 53 heavy (non-hydrogen) atoms. The minimum absolute atomic E-state index is 0.129. The number of rotatable bonds is 6. The summed E-state index contributed by atoms with van der Waals surface area (Å²) in [5, 5.41) is 41.8. The van der Waals surface area contributed by atoms with Gasteiger partial charge in [-0.25, -0.2) is 0 Å². The van der Waals surface area contributed by atoms with Crippen LogP contribution in [0.1, 0.15) is 106 Å². The third kappa shape index (κ3) is 4.93. The normalized spacial score (nSPS) is 27.8. The molecule has 4 nitrogen and oxygen atoms in total. The molecule has 0 saturated heterocycles. The van der Waals surface area contributed by atoms with Crippen LogP contribution in [-0.2, 0) is 10.8 Å². The molecule has 6 unspecified atom stereocenters. The van der Waals surface area contributed by atoms with Crippen molar-refractivity contribution in [3.63, 3.8) is 0 Å². The fraction of sp³-hybridized carbons (Fsp3) is 0.388. The van der Waals surface area contributed by atoms with E-state index in [2.05, 4.69) is 79.7 Å². The smallest absolute Gasteiger partial charge is 0.118 e. The van der Waals surface area contributed by atoms with E-state index in [1.165, 1.54) is 46.2 Å². The van der Waals surface area contributed by atoms with E-state index in [0.29, 0.717) is 64.4 Å². The van der Waals surface area contributed by atoms with Gasteiger partial charge in [-0.3, -0.25) is 0 Å². The fourth-order valence-corrected chi connectivity index (χ4v) is 12.5. The third-order valence-electron chi connectivity index (χ3n) is 15.2. The van der Waals surface area contributed by atoms with Crippen molar-refractivity contribution in [2.45, 2.75) is 89.4 Å². The van der Waals surface area contributed by atoms with Crippen LogP contribution in [0.15, 0.2) is 97.1 Å². The molecule has 0 aromatic heterocycles. The summed E-state index contributed by atoms with van der Waals surface area (Å²) in [7, 11) is 0. The second-order valence-electron chi connectivity index (χ2n) is 17.5. The van der Waals surface area contributed by atoms with Gasteiger partial charge in [0.2, 0.25) is 0 Å². The van der Waals surface area contributed by atoms with Crippen molar-refractivity contribution in [2.75, 3.05) is 0 Å². The standard InChI is InChI=1S/C49H52O4/c1-27-18-35(10-14-44(27)50)48(36-11-15-45(51)28(2)19-36)26-34-22-39(48)23-42(34)32-6-8-33(9-7-32)43-25-40-24-41(43)31(5)49(40,37-12-16-46(52)29(3)20-37)38-13-17-47(53)30(4)21-38/h6-21,31,34,39-43,50-53H,22-26H2,1-5H3/t31-,34?,39?,40?,41?,42?,43?/m1/s1. The van der Waals surface area contributed by atoms with E-state index in [1.54, 1.807) is 0 Å². The topological polar surface area (TPSA) is 80.9 Å². The lowest BCUT2D eigenvalue weighted by atomic mass is 9.56. The molecule has 0 spiro atoms. The van der Waals surface area contributed by atoms with Gasteiger partial charge in [-0.1, -0.05) is 79.7 Å². The van der Waals surface area contributed by atoms with E-state index in [0.717, 1.165) is 41.5 Å². The van der Waals surface area contributed by atoms with Crippen LogP contribution in [0.4, 0.5) is 0 Å². The zero-order valence-corrected chi connectivity index (χ0v) is 31.6. The predicted molar refractivity (Wildman–Crippen MR) is 211 cm³/mol. The van der Waals surface area contributed by atoms with Crippen LogP contribution in [0.2, 0.25) is 0 Å². The van der Waals surface area contributed by atoms with Crippen molar-refractivity contribution >= 4 is 0 Å². The molecule has 0 aliphatic heterocycles. The number of benzene rings is 5. The van der Waals surface area contributed by atoms with E-state index >= 15 is 0 Å². The Bertz CT molecular complexity index is 2130. The summed E-state index contributed by atoms with van der Waals surface area (Å²) in [5.41, 5.74) is 11.4. The maximum Gasteiger partial charge on any atom is 0.118 e. The SMILES string of the molecule is Cc1cc(C2(c3ccc(O)c(C)c3)CC3CC2CC3c2ccc(C3CC4CC3[C@@H](C)C4(c3ccc(O)c(C)c3)c3ccc(O)c(C)c3)cc2)ccc1O. The van der Waals surface area contributed by atoms with Crippen LogP contribution < -0.4 is 0 Å². The molecule has 272 valence electrons. The Labute approximate surface area is 314 Å². The number of aryl methyl sites for hydroxylation is 4. The molecule has 0 amide bonds. The molecule has 5 aromatic carbocycles. The molecule has 5 aromatic rings. The van der Waals surface area contributed by atoms with E-state index in [9.17, 15) is 20.4 Å². The van der Waals surface area contributed by atoms with Gasteiger partial charge in [-0.05, 0) is 181 Å². The highest BCUT2D eigenvalue weighted by molar-refractivity contribution is 5.53. The second kappa shape index (κ2) is 12.2. The van der Waals surface area contributed by atoms with Gasteiger partial charge in [-0.2, -0.15) is 0 Å². The van der Waals surface area contributed by atoms with E-state index in [-0.39, 0.29) is 10.8 Å². The average molecular weight is 705 g/mol. The number of phenolic OH excluding ortho intramolecular Hbond substituents is 4. The predicted octanol–water partition coefficient (Wildman–Crippen LogP) is 11.0. The van der Waals surface area contributed by atoms with Crippen molar-refractivity contribution in [2.24, 2.45) is 29.6 Å². The molecule has 4 aliphatic rings. The van der Waals surface area contributed by atoms with E-state index in [4.69, 9.17) is 0 Å². The molecule has 4 heteroatoms. The summed E-state index contributed by atoms with van der Waals surface area (Å²) < 4.78 is 0. The number of hydrogen-bond acceptors (Lipinski definition) is 4. The summed E-state index contributed by atoms with van der Waals surface area (Å²) in [4.78, 5) is 0. The van der Waals surface area contributed by atoms with Crippen LogP contribution in [0.25, 0.3) is 0 Å². The van der Waals surface area contributed by atoms with Gasteiger partial charge in [0.25, 0.3) is 0 Å². The minimum Gasteiger partial charge on any atom is -0.508 e. The Morgan fingerprint density at radius 2 is 0.887 bits per heavy atom. The monoisotopic (exact) mass is 704 g/mol.